The fourth-order valence-electron chi connectivity index (χ4n) is 3.06. The van der Waals surface area contributed by atoms with Gasteiger partial charge in [0.2, 0.25) is 0 Å². The zero-order valence-electron chi connectivity index (χ0n) is 14.7. The Labute approximate surface area is 148 Å². The van der Waals surface area contributed by atoms with E-state index in [1.165, 1.54) is 12.1 Å². The Bertz CT molecular complexity index is 529. The number of hydrogen-bond donors (Lipinski definition) is 0. The molecule has 0 saturated carbocycles. The molecule has 0 radical (unpaired) electrons. The van der Waals surface area contributed by atoms with Gasteiger partial charge < -0.3 is 18.9 Å². The van der Waals surface area contributed by atoms with Crippen LogP contribution in [-0.4, -0.2) is 32.7 Å². The molecule has 2 aliphatic rings. The second kappa shape index (κ2) is 9.43. The van der Waals surface area contributed by atoms with Crippen molar-refractivity contribution in [2.45, 2.75) is 38.8 Å². The van der Waals surface area contributed by atoms with E-state index >= 15 is 0 Å². The van der Waals surface area contributed by atoms with Crippen molar-refractivity contribution in [3.8, 4) is 0 Å². The van der Waals surface area contributed by atoms with Crippen LogP contribution < -0.4 is 0 Å². The van der Waals surface area contributed by atoms with Crippen molar-refractivity contribution in [3.63, 3.8) is 0 Å². The maximum absolute atomic E-state index is 13.0. The highest BCUT2D eigenvalue weighted by Gasteiger charge is 2.26. The molecule has 0 bridgehead atoms. The van der Waals surface area contributed by atoms with Crippen LogP contribution in [0, 0.1) is 17.7 Å². The smallest absolute Gasteiger partial charge is 0.183 e. The predicted octanol–water partition coefficient (Wildman–Crippen LogP) is 4.22. The van der Waals surface area contributed by atoms with Crippen LogP contribution >= 0.6 is 0 Å². The van der Waals surface area contributed by atoms with Crippen molar-refractivity contribution < 1.29 is 23.3 Å². The molecule has 0 spiro atoms. The van der Waals surface area contributed by atoms with E-state index in [9.17, 15) is 4.39 Å². The molecule has 0 aromatic heterocycles. The minimum atomic E-state index is -0.398. The summed E-state index contributed by atoms with van der Waals surface area (Å²) < 4.78 is 36.1. The standard InChI is InChI=1S/C20H27FO4/c1-2-3-4-15-11-22-19(23-12-15)10-5-16-13-24-20(25-14-16)17-6-8-18(21)9-7-17/h3-4,6-9,15-16,19-20H,2,5,10-14H2,1H3/b4-3+/t15-,16?,19-,20?. The third-order valence-corrected chi connectivity index (χ3v) is 4.56. The first-order chi connectivity index (χ1) is 12.2. The summed E-state index contributed by atoms with van der Waals surface area (Å²) in [5, 5.41) is 0. The van der Waals surface area contributed by atoms with Crippen molar-refractivity contribution >= 4 is 0 Å². The molecule has 4 nitrogen and oxygen atoms in total. The quantitative estimate of drug-likeness (QED) is 0.720. The molecule has 1 aromatic rings. The monoisotopic (exact) mass is 350 g/mol. The molecule has 3 rings (SSSR count). The van der Waals surface area contributed by atoms with Gasteiger partial charge in [-0.3, -0.25) is 0 Å². The summed E-state index contributed by atoms with van der Waals surface area (Å²) in [6.45, 7) is 4.85. The molecule has 0 atom stereocenters. The van der Waals surface area contributed by atoms with Gasteiger partial charge in [0.1, 0.15) is 5.82 Å². The van der Waals surface area contributed by atoms with E-state index in [0.717, 1.165) is 38.0 Å². The van der Waals surface area contributed by atoms with Gasteiger partial charge in [-0.2, -0.15) is 0 Å². The molecule has 0 aliphatic carbocycles. The van der Waals surface area contributed by atoms with Gasteiger partial charge in [0.15, 0.2) is 12.6 Å². The molecule has 138 valence electrons. The van der Waals surface area contributed by atoms with Crippen LogP contribution in [0.1, 0.15) is 38.0 Å². The Morgan fingerprint density at radius 1 is 0.960 bits per heavy atom. The number of hydrogen-bond acceptors (Lipinski definition) is 4. The lowest BCUT2D eigenvalue weighted by Crippen LogP contribution is -2.33. The van der Waals surface area contributed by atoms with Crippen molar-refractivity contribution in [1.82, 2.24) is 0 Å². The lowest BCUT2D eigenvalue weighted by atomic mass is 10.0. The summed E-state index contributed by atoms with van der Waals surface area (Å²) in [5.41, 5.74) is 0.852. The van der Waals surface area contributed by atoms with Crippen LogP contribution in [-0.2, 0) is 18.9 Å². The molecular formula is C20H27FO4. The van der Waals surface area contributed by atoms with Crippen LogP contribution in [0.3, 0.4) is 0 Å². The Hall–Kier alpha value is -1.27. The zero-order valence-corrected chi connectivity index (χ0v) is 14.7. The van der Waals surface area contributed by atoms with E-state index in [2.05, 4.69) is 19.1 Å². The van der Waals surface area contributed by atoms with Gasteiger partial charge in [-0.15, -0.1) is 0 Å². The van der Waals surface area contributed by atoms with Gasteiger partial charge in [0.25, 0.3) is 0 Å². The van der Waals surface area contributed by atoms with E-state index < -0.39 is 6.29 Å². The summed E-state index contributed by atoms with van der Waals surface area (Å²) in [6, 6.07) is 6.25. The van der Waals surface area contributed by atoms with Crippen LogP contribution in [0.2, 0.25) is 0 Å². The maximum atomic E-state index is 13.0. The molecule has 0 amide bonds. The number of halogens is 1. The van der Waals surface area contributed by atoms with Crippen molar-refractivity contribution in [2.24, 2.45) is 11.8 Å². The number of allylic oxidation sites excluding steroid dienone is 1. The minimum absolute atomic E-state index is 0.124. The Morgan fingerprint density at radius 3 is 2.28 bits per heavy atom. The highest BCUT2D eigenvalue weighted by molar-refractivity contribution is 5.17. The first-order valence-corrected chi connectivity index (χ1v) is 9.13. The fraction of sp³-hybridized carbons (Fsp3) is 0.600. The molecular weight excluding hydrogens is 323 g/mol. The highest BCUT2D eigenvalue weighted by Crippen LogP contribution is 2.28. The van der Waals surface area contributed by atoms with E-state index in [1.54, 1.807) is 12.1 Å². The normalized spacial score (nSPS) is 30.6. The van der Waals surface area contributed by atoms with Gasteiger partial charge in [-0.1, -0.05) is 31.2 Å². The molecule has 25 heavy (non-hydrogen) atoms. The third-order valence-electron chi connectivity index (χ3n) is 4.56. The van der Waals surface area contributed by atoms with Crippen LogP contribution in [0.25, 0.3) is 0 Å². The Morgan fingerprint density at radius 2 is 1.64 bits per heavy atom. The summed E-state index contributed by atoms with van der Waals surface area (Å²) in [6.07, 6.45) is 6.64. The van der Waals surface area contributed by atoms with Gasteiger partial charge in [0, 0.05) is 17.4 Å². The van der Waals surface area contributed by atoms with E-state index in [1.807, 2.05) is 0 Å². The minimum Gasteiger partial charge on any atom is -0.352 e. The van der Waals surface area contributed by atoms with Crippen LogP contribution in [0.15, 0.2) is 36.4 Å². The van der Waals surface area contributed by atoms with Gasteiger partial charge in [0.05, 0.1) is 26.4 Å². The van der Waals surface area contributed by atoms with Gasteiger partial charge in [-0.05, 0) is 31.4 Å². The number of rotatable bonds is 6. The van der Waals surface area contributed by atoms with E-state index in [0.29, 0.717) is 25.0 Å². The fourth-order valence-corrected chi connectivity index (χ4v) is 3.06. The summed E-state index contributed by atoms with van der Waals surface area (Å²) in [4.78, 5) is 0. The molecule has 0 N–H and O–H groups in total. The van der Waals surface area contributed by atoms with E-state index in [4.69, 9.17) is 18.9 Å². The molecule has 2 aliphatic heterocycles. The van der Waals surface area contributed by atoms with E-state index in [-0.39, 0.29) is 12.1 Å². The van der Waals surface area contributed by atoms with Gasteiger partial charge >= 0.3 is 0 Å². The topological polar surface area (TPSA) is 36.9 Å². The molecule has 2 saturated heterocycles. The second-order valence-corrected chi connectivity index (χ2v) is 6.69. The molecule has 5 heteroatoms. The molecule has 0 unspecified atom stereocenters. The average molecular weight is 350 g/mol. The van der Waals surface area contributed by atoms with Crippen LogP contribution in [0.5, 0.6) is 0 Å². The van der Waals surface area contributed by atoms with Crippen molar-refractivity contribution in [1.29, 1.82) is 0 Å². The van der Waals surface area contributed by atoms with Gasteiger partial charge in [-0.25, -0.2) is 4.39 Å². The largest absolute Gasteiger partial charge is 0.352 e. The number of ether oxygens (including phenoxy) is 4. The Balaban J connectivity index is 1.34. The zero-order chi connectivity index (χ0) is 17.5. The van der Waals surface area contributed by atoms with Crippen molar-refractivity contribution in [3.05, 3.63) is 47.8 Å². The van der Waals surface area contributed by atoms with Crippen molar-refractivity contribution in [2.75, 3.05) is 26.4 Å². The average Bonchev–Trinajstić information content (AvgIpc) is 2.67. The summed E-state index contributed by atoms with van der Waals surface area (Å²) >= 11 is 0. The predicted molar refractivity (Wildman–Crippen MR) is 92.4 cm³/mol. The first kappa shape index (κ1) is 18.5. The molecule has 2 fully saturated rings. The molecule has 2 heterocycles. The summed E-state index contributed by atoms with van der Waals surface area (Å²) in [5.74, 6) is 0.452. The van der Waals surface area contributed by atoms with Crippen LogP contribution in [0.4, 0.5) is 4.39 Å². The second-order valence-electron chi connectivity index (χ2n) is 6.69. The lowest BCUT2D eigenvalue weighted by molar-refractivity contribution is -0.217. The Kier molecular flexibility index (Phi) is 6.99. The maximum Gasteiger partial charge on any atom is 0.183 e. The lowest BCUT2D eigenvalue weighted by Gasteiger charge is -2.32. The molecule has 1 aromatic carbocycles. The number of benzene rings is 1. The first-order valence-electron chi connectivity index (χ1n) is 9.13. The SMILES string of the molecule is CC/C=C/[C@H]1CO[C@H](CCC2COC(c3ccc(F)cc3)OC2)OC1. The third kappa shape index (κ3) is 5.61. The summed E-state index contributed by atoms with van der Waals surface area (Å²) in [7, 11) is 0. The highest BCUT2D eigenvalue weighted by atomic mass is 19.1.